The summed E-state index contributed by atoms with van der Waals surface area (Å²) in [5.41, 5.74) is 1.11. The smallest absolute Gasteiger partial charge is 0.220 e. The highest BCUT2D eigenvalue weighted by atomic mass is 16.1. The quantitative estimate of drug-likeness (QED) is 0.759. The SMILES string of the molecule is CCN(CC)CCNC(=O)CCc1cccnc1. The highest BCUT2D eigenvalue weighted by Gasteiger charge is 2.03. The number of nitrogens with zero attached hydrogens (tertiary/aromatic N) is 2. The van der Waals surface area contributed by atoms with Crippen molar-refractivity contribution in [3.05, 3.63) is 30.1 Å². The van der Waals surface area contributed by atoms with E-state index in [0.717, 1.165) is 38.2 Å². The molecular formula is C14H23N3O. The number of aryl methyl sites for hydroxylation is 1. The van der Waals surface area contributed by atoms with Gasteiger partial charge in [-0.05, 0) is 31.1 Å². The van der Waals surface area contributed by atoms with Crippen molar-refractivity contribution >= 4 is 5.91 Å². The minimum atomic E-state index is 0.117. The van der Waals surface area contributed by atoms with Crippen LogP contribution in [0.3, 0.4) is 0 Å². The second-order valence-electron chi connectivity index (χ2n) is 4.24. The third-order valence-corrected chi connectivity index (χ3v) is 3.01. The molecule has 1 rings (SSSR count). The number of rotatable bonds is 8. The zero-order valence-corrected chi connectivity index (χ0v) is 11.4. The van der Waals surface area contributed by atoms with E-state index in [-0.39, 0.29) is 5.91 Å². The van der Waals surface area contributed by atoms with Crippen LogP contribution in [0.15, 0.2) is 24.5 Å². The maximum Gasteiger partial charge on any atom is 0.220 e. The molecule has 0 saturated carbocycles. The molecule has 0 spiro atoms. The van der Waals surface area contributed by atoms with Crippen LogP contribution < -0.4 is 5.32 Å². The summed E-state index contributed by atoms with van der Waals surface area (Å²) in [5.74, 6) is 0.117. The van der Waals surface area contributed by atoms with E-state index < -0.39 is 0 Å². The lowest BCUT2D eigenvalue weighted by molar-refractivity contribution is -0.121. The normalized spacial score (nSPS) is 10.6. The Kier molecular flexibility index (Phi) is 7.03. The average molecular weight is 249 g/mol. The maximum atomic E-state index is 11.6. The van der Waals surface area contributed by atoms with Gasteiger partial charge in [0.2, 0.25) is 5.91 Å². The monoisotopic (exact) mass is 249 g/mol. The van der Waals surface area contributed by atoms with Gasteiger partial charge in [0.15, 0.2) is 0 Å². The molecule has 1 heterocycles. The summed E-state index contributed by atoms with van der Waals surface area (Å²) in [4.78, 5) is 17.9. The molecule has 0 aromatic carbocycles. The van der Waals surface area contributed by atoms with Crippen LogP contribution in [-0.4, -0.2) is 42.0 Å². The first-order chi connectivity index (χ1) is 8.76. The lowest BCUT2D eigenvalue weighted by atomic mass is 10.1. The molecule has 0 aliphatic heterocycles. The Labute approximate surface area is 109 Å². The molecule has 1 aromatic rings. The van der Waals surface area contributed by atoms with E-state index in [2.05, 4.69) is 29.0 Å². The molecule has 0 saturated heterocycles. The molecule has 100 valence electrons. The molecule has 0 atom stereocenters. The molecule has 1 aromatic heterocycles. The van der Waals surface area contributed by atoms with E-state index >= 15 is 0 Å². The summed E-state index contributed by atoms with van der Waals surface area (Å²) in [6.07, 6.45) is 4.84. The van der Waals surface area contributed by atoms with Crippen molar-refractivity contribution in [3.63, 3.8) is 0 Å². The lowest BCUT2D eigenvalue weighted by Crippen LogP contribution is -2.34. The first kappa shape index (κ1) is 14.6. The standard InChI is InChI=1S/C14H23N3O/c1-3-17(4-2)11-10-16-14(18)8-7-13-6-5-9-15-12-13/h5-6,9,12H,3-4,7-8,10-11H2,1-2H3,(H,16,18). The van der Waals surface area contributed by atoms with Crippen LogP contribution in [0.5, 0.6) is 0 Å². The van der Waals surface area contributed by atoms with Crippen LogP contribution in [0.2, 0.25) is 0 Å². The Balaban J connectivity index is 2.14. The van der Waals surface area contributed by atoms with Gasteiger partial charge in [-0.15, -0.1) is 0 Å². The highest BCUT2D eigenvalue weighted by molar-refractivity contribution is 5.76. The average Bonchev–Trinajstić information content (AvgIpc) is 2.42. The van der Waals surface area contributed by atoms with Crippen LogP contribution in [0.1, 0.15) is 25.8 Å². The fourth-order valence-corrected chi connectivity index (χ4v) is 1.79. The largest absolute Gasteiger partial charge is 0.355 e. The van der Waals surface area contributed by atoms with Gasteiger partial charge in [0, 0.05) is 31.9 Å². The second kappa shape index (κ2) is 8.64. The summed E-state index contributed by atoms with van der Waals surface area (Å²) >= 11 is 0. The molecule has 0 aliphatic rings. The highest BCUT2D eigenvalue weighted by Crippen LogP contribution is 1.99. The van der Waals surface area contributed by atoms with Crippen LogP contribution >= 0.6 is 0 Å². The number of carbonyl (C=O) groups is 1. The van der Waals surface area contributed by atoms with Crippen molar-refractivity contribution in [3.8, 4) is 0 Å². The summed E-state index contributed by atoms with van der Waals surface area (Å²) in [6.45, 7) is 7.98. The van der Waals surface area contributed by atoms with Gasteiger partial charge in [0.05, 0.1) is 0 Å². The Morgan fingerprint density at radius 1 is 1.39 bits per heavy atom. The van der Waals surface area contributed by atoms with Crippen molar-refractivity contribution in [1.29, 1.82) is 0 Å². The fourth-order valence-electron chi connectivity index (χ4n) is 1.79. The van der Waals surface area contributed by atoms with Crippen molar-refractivity contribution < 1.29 is 4.79 Å². The number of hydrogen-bond donors (Lipinski definition) is 1. The molecule has 0 aliphatic carbocycles. The van der Waals surface area contributed by atoms with E-state index in [0.29, 0.717) is 6.42 Å². The van der Waals surface area contributed by atoms with Gasteiger partial charge in [0.25, 0.3) is 0 Å². The first-order valence-corrected chi connectivity index (χ1v) is 6.64. The number of likely N-dealkylation sites (N-methyl/N-ethyl adjacent to an activating group) is 1. The van der Waals surface area contributed by atoms with E-state index in [1.807, 2.05) is 18.3 Å². The number of amides is 1. The Hall–Kier alpha value is -1.42. The number of nitrogens with one attached hydrogen (secondary N) is 1. The number of aromatic nitrogens is 1. The third-order valence-electron chi connectivity index (χ3n) is 3.01. The third kappa shape index (κ3) is 5.77. The van der Waals surface area contributed by atoms with Gasteiger partial charge in [-0.2, -0.15) is 0 Å². The van der Waals surface area contributed by atoms with Crippen LogP contribution in [0.4, 0.5) is 0 Å². The molecule has 1 amide bonds. The molecule has 0 unspecified atom stereocenters. The zero-order valence-electron chi connectivity index (χ0n) is 11.4. The predicted molar refractivity (Wildman–Crippen MR) is 73.4 cm³/mol. The lowest BCUT2D eigenvalue weighted by Gasteiger charge is -2.17. The van der Waals surface area contributed by atoms with Gasteiger partial charge < -0.3 is 10.2 Å². The van der Waals surface area contributed by atoms with E-state index in [9.17, 15) is 4.79 Å². The van der Waals surface area contributed by atoms with Gasteiger partial charge >= 0.3 is 0 Å². The van der Waals surface area contributed by atoms with Crippen LogP contribution in [0.25, 0.3) is 0 Å². The fraction of sp³-hybridized carbons (Fsp3) is 0.571. The Morgan fingerprint density at radius 2 is 2.17 bits per heavy atom. The number of pyridine rings is 1. The van der Waals surface area contributed by atoms with Gasteiger partial charge in [-0.25, -0.2) is 0 Å². The molecule has 18 heavy (non-hydrogen) atoms. The van der Waals surface area contributed by atoms with E-state index in [1.165, 1.54) is 0 Å². The van der Waals surface area contributed by atoms with Crippen LogP contribution in [0, 0.1) is 0 Å². The van der Waals surface area contributed by atoms with Crippen molar-refractivity contribution in [2.75, 3.05) is 26.2 Å². The zero-order chi connectivity index (χ0) is 13.2. The molecular weight excluding hydrogens is 226 g/mol. The molecule has 4 nitrogen and oxygen atoms in total. The Morgan fingerprint density at radius 3 is 2.78 bits per heavy atom. The number of carbonyl (C=O) groups excluding carboxylic acids is 1. The molecule has 0 bridgehead atoms. The summed E-state index contributed by atoms with van der Waals surface area (Å²) in [6, 6.07) is 3.89. The van der Waals surface area contributed by atoms with Gasteiger partial charge in [-0.1, -0.05) is 19.9 Å². The summed E-state index contributed by atoms with van der Waals surface area (Å²) < 4.78 is 0. The maximum absolute atomic E-state index is 11.6. The summed E-state index contributed by atoms with van der Waals surface area (Å²) in [5, 5.41) is 2.95. The molecule has 1 N–H and O–H groups in total. The molecule has 4 heteroatoms. The Bertz CT molecular complexity index is 336. The summed E-state index contributed by atoms with van der Waals surface area (Å²) in [7, 11) is 0. The van der Waals surface area contributed by atoms with Crippen LogP contribution in [-0.2, 0) is 11.2 Å². The minimum Gasteiger partial charge on any atom is -0.355 e. The predicted octanol–water partition coefficient (Wildman–Crippen LogP) is 1.47. The van der Waals surface area contributed by atoms with Gasteiger partial charge in [-0.3, -0.25) is 9.78 Å². The van der Waals surface area contributed by atoms with E-state index in [4.69, 9.17) is 0 Å². The molecule has 0 fully saturated rings. The van der Waals surface area contributed by atoms with Crippen molar-refractivity contribution in [2.24, 2.45) is 0 Å². The van der Waals surface area contributed by atoms with Crippen molar-refractivity contribution in [1.82, 2.24) is 15.2 Å². The first-order valence-electron chi connectivity index (χ1n) is 6.64. The second-order valence-corrected chi connectivity index (χ2v) is 4.24. The minimum absolute atomic E-state index is 0.117. The molecule has 0 radical (unpaired) electrons. The van der Waals surface area contributed by atoms with Crippen molar-refractivity contribution in [2.45, 2.75) is 26.7 Å². The topological polar surface area (TPSA) is 45.2 Å². The number of hydrogen-bond acceptors (Lipinski definition) is 3. The van der Waals surface area contributed by atoms with Gasteiger partial charge in [0.1, 0.15) is 0 Å². The van der Waals surface area contributed by atoms with E-state index in [1.54, 1.807) is 6.20 Å².